The molecule has 2 rings (SSSR count). The lowest BCUT2D eigenvalue weighted by atomic mass is 10.00. The molecule has 1 aromatic carbocycles. The topological polar surface area (TPSA) is 41.6 Å². The Morgan fingerprint density at radius 2 is 2.20 bits per heavy atom. The van der Waals surface area contributed by atoms with Crippen molar-refractivity contribution < 1.29 is 9.53 Å². The summed E-state index contributed by atoms with van der Waals surface area (Å²) in [5.74, 6) is 1.60. The number of nitrogens with zero attached hydrogens (tertiary/aromatic N) is 1. The normalized spacial score (nSPS) is 14.1. The fourth-order valence-corrected chi connectivity index (χ4v) is 2.36. The van der Waals surface area contributed by atoms with E-state index in [9.17, 15) is 4.79 Å². The number of benzene rings is 1. The van der Waals surface area contributed by atoms with Crippen LogP contribution < -0.4 is 10.1 Å². The SMILES string of the molecule is CNC(=O)N1CCc2cc(OCCC(C)C)ccc2C1. The molecule has 2 amide bonds. The summed E-state index contributed by atoms with van der Waals surface area (Å²) in [6.07, 6.45) is 1.96. The second-order valence-corrected chi connectivity index (χ2v) is 5.69. The Morgan fingerprint density at radius 1 is 1.40 bits per heavy atom. The van der Waals surface area contributed by atoms with Crippen LogP contribution in [0.2, 0.25) is 0 Å². The minimum atomic E-state index is -0.00656. The lowest BCUT2D eigenvalue weighted by Crippen LogP contribution is -2.41. The summed E-state index contributed by atoms with van der Waals surface area (Å²) in [7, 11) is 1.67. The highest BCUT2D eigenvalue weighted by Gasteiger charge is 2.19. The molecular formula is C16H24N2O2. The van der Waals surface area contributed by atoms with Gasteiger partial charge in [0.05, 0.1) is 6.61 Å². The van der Waals surface area contributed by atoms with E-state index in [1.54, 1.807) is 7.05 Å². The van der Waals surface area contributed by atoms with Gasteiger partial charge in [-0.25, -0.2) is 4.79 Å². The van der Waals surface area contributed by atoms with E-state index in [2.05, 4.69) is 31.3 Å². The number of hydrogen-bond donors (Lipinski definition) is 1. The molecule has 0 saturated heterocycles. The van der Waals surface area contributed by atoms with E-state index in [0.717, 1.165) is 31.7 Å². The standard InChI is InChI=1S/C16H24N2O2/c1-12(2)7-9-20-15-5-4-14-11-18(16(19)17-3)8-6-13(14)10-15/h4-5,10,12H,6-9,11H2,1-3H3,(H,17,19). The summed E-state index contributed by atoms with van der Waals surface area (Å²) in [5, 5.41) is 2.68. The second kappa shape index (κ2) is 6.64. The van der Waals surface area contributed by atoms with Crippen LogP contribution in [-0.4, -0.2) is 31.1 Å². The Kier molecular flexibility index (Phi) is 4.88. The largest absolute Gasteiger partial charge is 0.494 e. The molecule has 0 fully saturated rings. The summed E-state index contributed by atoms with van der Waals surface area (Å²) in [6, 6.07) is 6.20. The lowest BCUT2D eigenvalue weighted by Gasteiger charge is -2.28. The first-order valence-electron chi connectivity index (χ1n) is 7.31. The molecule has 0 atom stereocenters. The number of rotatable bonds is 4. The molecular weight excluding hydrogens is 252 g/mol. The zero-order valence-electron chi connectivity index (χ0n) is 12.6. The first-order chi connectivity index (χ1) is 9.60. The van der Waals surface area contributed by atoms with Gasteiger partial charge >= 0.3 is 6.03 Å². The monoisotopic (exact) mass is 276 g/mol. The Bertz CT molecular complexity index is 472. The zero-order chi connectivity index (χ0) is 14.5. The molecule has 0 radical (unpaired) electrons. The lowest BCUT2D eigenvalue weighted by molar-refractivity contribution is 0.194. The third-order valence-electron chi connectivity index (χ3n) is 3.66. The summed E-state index contributed by atoms with van der Waals surface area (Å²) in [5.41, 5.74) is 2.52. The molecule has 20 heavy (non-hydrogen) atoms. The maximum absolute atomic E-state index is 11.6. The molecule has 0 aromatic heterocycles. The van der Waals surface area contributed by atoms with Crippen LogP contribution in [0.25, 0.3) is 0 Å². The van der Waals surface area contributed by atoms with Gasteiger partial charge in [0.15, 0.2) is 0 Å². The van der Waals surface area contributed by atoms with Gasteiger partial charge < -0.3 is 15.0 Å². The average molecular weight is 276 g/mol. The maximum Gasteiger partial charge on any atom is 0.317 e. The van der Waals surface area contributed by atoms with Crippen LogP contribution in [0.4, 0.5) is 4.79 Å². The van der Waals surface area contributed by atoms with E-state index in [0.29, 0.717) is 12.5 Å². The van der Waals surface area contributed by atoms with Gasteiger partial charge in [0.1, 0.15) is 5.75 Å². The summed E-state index contributed by atoms with van der Waals surface area (Å²) in [4.78, 5) is 13.5. The number of nitrogens with one attached hydrogen (secondary N) is 1. The van der Waals surface area contributed by atoms with Crippen molar-refractivity contribution in [1.29, 1.82) is 0 Å². The fourth-order valence-electron chi connectivity index (χ4n) is 2.36. The zero-order valence-corrected chi connectivity index (χ0v) is 12.6. The van der Waals surface area contributed by atoms with E-state index < -0.39 is 0 Å². The van der Waals surface area contributed by atoms with E-state index in [-0.39, 0.29) is 6.03 Å². The summed E-state index contributed by atoms with van der Waals surface area (Å²) in [6.45, 7) is 6.61. The predicted octanol–water partition coefficient (Wildman–Crippen LogP) is 2.81. The number of ether oxygens (including phenoxy) is 1. The fraction of sp³-hybridized carbons (Fsp3) is 0.562. The molecule has 1 aliphatic heterocycles. The van der Waals surface area contributed by atoms with Crippen LogP contribution in [0, 0.1) is 5.92 Å². The molecule has 4 nitrogen and oxygen atoms in total. The van der Waals surface area contributed by atoms with Crippen LogP contribution in [-0.2, 0) is 13.0 Å². The van der Waals surface area contributed by atoms with Crippen molar-refractivity contribution in [3.8, 4) is 5.75 Å². The smallest absolute Gasteiger partial charge is 0.317 e. The van der Waals surface area contributed by atoms with Crippen LogP contribution in [0.5, 0.6) is 5.75 Å². The summed E-state index contributed by atoms with van der Waals surface area (Å²) < 4.78 is 5.79. The van der Waals surface area contributed by atoms with E-state index >= 15 is 0 Å². The summed E-state index contributed by atoms with van der Waals surface area (Å²) >= 11 is 0. The highest BCUT2D eigenvalue weighted by Crippen LogP contribution is 2.24. The highest BCUT2D eigenvalue weighted by molar-refractivity contribution is 5.74. The molecule has 0 bridgehead atoms. The highest BCUT2D eigenvalue weighted by atomic mass is 16.5. The van der Waals surface area contributed by atoms with Gasteiger partial charge in [0, 0.05) is 20.1 Å². The Balaban J connectivity index is 1.98. The third kappa shape index (κ3) is 3.65. The quantitative estimate of drug-likeness (QED) is 0.918. The van der Waals surface area contributed by atoms with E-state index in [4.69, 9.17) is 4.74 Å². The van der Waals surface area contributed by atoms with Gasteiger partial charge in [-0.3, -0.25) is 0 Å². The number of amides is 2. The van der Waals surface area contributed by atoms with Crippen molar-refractivity contribution in [2.75, 3.05) is 20.2 Å². The first-order valence-corrected chi connectivity index (χ1v) is 7.31. The van der Waals surface area contributed by atoms with Gasteiger partial charge in [-0.05, 0) is 42.0 Å². The van der Waals surface area contributed by atoms with Crippen molar-refractivity contribution in [2.24, 2.45) is 5.92 Å². The molecule has 1 aliphatic rings. The molecule has 1 N–H and O–H groups in total. The number of fused-ring (bicyclic) bond motifs is 1. The van der Waals surface area contributed by atoms with Crippen molar-refractivity contribution in [1.82, 2.24) is 10.2 Å². The molecule has 0 unspecified atom stereocenters. The minimum absolute atomic E-state index is 0.00656. The van der Waals surface area contributed by atoms with Crippen LogP contribution in [0.15, 0.2) is 18.2 Å². The first kappa shape index (κ1) is 14.7. The maximum atomic E-state index is 11.6. The van der Waals surface area contributed by atoms with Gasteiger partial charge in [-0.1, -0.05) is 19.9 Å². The van der Waals surface area contributed by atoms with Crippen LogP contribution >= 0.6 is 0 Å². The Morgan fingerprint density at radius 3 is 2.90 bits per heavy atom. The molecule has 110 valence electrons. The van der Waals surface area contributed by atoms with Crippen molar-refractivity contribution in [3.63, 3.8) is 0 Å². The predicted molar refractivity (Wildman–Crippen MR) is 80.0 cm³/mol. The molecule has 1 aromatic rings. The number of hydrogen-bond acceptors (Lipinski definition) is 2. The van der Waals surface area contributed by atoms with E-state index in [1.807, 2.05) is 11.0 Å². The third-order valence-corrected chi connectivity index (χ3v) is 3.66. The number of carbonyl (C=O) groups is 1. The van der Waals surface area contributed by atoms with Gasteiger partial charge in [-0.2, -0.15) is 0 Å². The average Bonchev–Trinajstić information content (AvgIpc) is 2.45. The van der Waals surface area contributed by atoms with E-state index in [1.165, 1.54) is 11.1 Å². The Labute approximate surface area is 121 Å². The van der Waals surface area contributed by atoms with Gasteiger partial charge in [0.2, 0.25) is 0 Å². The van der Waals surface area contributed by atoms with Crippen molar-refractivity contribution >= 4 is 6.03 Å². The molecule has 0 saturated carbocycles. The number of carbonyl (C=O) groups excluding carboxylic acids is 1. The van der Waals surface area contributed by atoms with Crippen molar-refractivity contribution in [3.05, 3.63) is 29.3 Å². The molecule has 4 heteroatoms. The van der Waals surface area contributed by atoms with Gasteiger partial charge in [-0.15, -0.1) is 0 Å². The van der Waals surface area contributed by atoms with Gasteiger partial charge in [0.25, 0.3) is 0 Å². The molecule has 1 heterocycles. The van der Waals surface area contributed by atoms with Crippen molar-refractivity contribution in [2.45, 2.75) is 33.2 Å². The number of urea groups is 1. The van der Waals surface area contributed by atoms with Crippen LogP contribution in [0.1, 0.15) is 31.4 Å². The minimum Gasteiger partial charge on any atom is -0.494 e. The molecule has 0 spiro atoms. The Hall–Kier alpha value is -1.71. The van der Waals surface area contributed by atoms with Crippen LogP contribution in [0.3, 0.4) is 0 Å². The second-order valence-electron chi connectivity index (χ2n) is 5.69. The molecule has 0 aliphatic carbocycles.